The molecule has 1 rings (SSSR count). The zero-order valence-electron chi connectivity index (χ0n) is 13.7. The molecule has 3 amide bonds. The Kier molecular flexibility index (Phi) is 9.77. The first-order chi connectivity index (χ1) is 11.3. The minimum atomic E-state index is -1.14. The van der Waals surface area contributed by atoms with Gasteiger partial charge in [-0.3, -0.25) is 19.2 Å². The highest BCUT2D eigenvalue weighted by molar-refractivity contribution is 6.01. The summed E-state index contributed by atoms with van der Waals surface area (Å²) in [5.41, 5.74) is -0.251. The van der Waals surface area contributed by atoms with Gasteiger partial charge < -0.3 is 10.2 Å². The lowest BCUT2D eigenvalue weighted by molar-refractivity contribution is -0.117. The fraction of sp³-hybridized carbons (Fsp3) is 0.375. The van der Waals surface area contributed by atoms with Crippen molar-refractivity contribution in [2.75, 3.05) is 7.05 Å². The Labute approximate surface area is 138 Å². The summed E-state index contributed by atoms with van der Waals surface area (Å²) in [6, 6.07) is 1.48. The molecule has 24 heavy (non-hydrogen) atoms. The van der Waals surface area contributed by atoms with Gasteiger partial charge in [0.05, 0.1) is 5.56 Å². The third-order valence-corrected chi connectivity index (χ3v) is 3.27. The number of aldehydes is 1. The average molecular weight is 342 g/mol. The van der Waals surface area contributed by atoms with E-state index in [1.165, 1.54) is 4.90 Å². The third kappa shape index (κ3) is 6.23. The number of imide groups is 1. The van der Waals surface area contributed by atoms with Crippen LogP contribution in [-0.2, 0) is 9.59 Å². The predicted molar refractivity (Wildman–Crippen MR) is 83.5 cm³/mol. The van der Waals surface area contributed by atoms with Crippen molar-refractivity contribution >= 4 is 25.0 Å². The molecule has 1 aromatic carbocycles. The van der Waals surface area contributed by atoms with Gasteiger partial charge in [0.25, 0.3) is 5.91 Å². The van der Waals surface area contributed by atoms with Gasteiger partial charge in [-0.2, -0.15) is 0 Å². The maximum Gasteiger partial charge on any atom is 0.254 e. The van der Waals surface area contributed by atoms with E-state index in [0.717, 1.165) is 25.0 Å². The summed E-state index contributed by atoms with van der Waals surface area (Å²) in [5.74, 6) is -2.75. The lowest BCUT2D eigenvalue weighted by atomic mass is 10.1. The van der Waals surface area contributed by atoms with Crippen LogP contribution in [0.3, 0.4) is 0 Å². The molecule has 132 valence electrons. The molecule has 1 unspecified atom stereocenters. The maximum absolute atomic E-state index is 13.2. The van der Waals surface area contributed by atoms with Gasteiger partial charge in [0.1, 0.15) is 0 Å². The molecule has 0 saturated carbocycles. The van der Waals surface area contributed by atoms with Crippen LogP contribution in [0.2, 0.25) is 0 Å². The molecule has 8 heteroatoms. The molecule has 0 aliphatic carbocycles. The fourth-order valence-electron chi connectivity index (χ4n) is 1.87. The highest BCUT2D eigenvalue weighted by Gasteiger charge is 2.21. The molecule has 0 saturated heterocycles. The van der Waals surface area contributed by atoms with E-state index in [4.69, 9.17) is 9.59 Å². The van der Waals surface area contributed by atoms with Crippen LogP contribution in [0.5, 0.6) is 0 Å². The number of hydrogen-bond acceptors (Lipinski definition) is 4. The van der Waals surface area contributed by atoms with Crippen LogP contribution >= 0.6 is 0 Å². The van der Waals surface area contributed by atoms with Crippen LogP contribution in [0.25, 0.3) is 0 Å². The van der Waals surface area contributed by atoms with Gasteiger partial charge in [-0.15, -0.1) is 0 Å². The molecule has 6 nitrogen and oxygen atoms in total. The van der Waals surface area contributed by atoms with Gasteiger partial charge in [0.15, 0.2) is 17.9 Å². The van der Waals surface area contributed by atoms with Crippen LogP contribution < -0.4 is 5.32 Å². The number of benzene rings is 1. The zero-order valence-corrected chi connectivity index (χ0v) is 13.7. The molecule has 0 aliphatic rings. The van der Waals surface area contributed by atoms with Gasteiger partial charge in [0, 0.05) is 18.7 Å². The SMILES string of the molecule is CCCC(C)N(C)C(=O)c1cc(F)c(F)cc1C=O.O=CNC=O. The van der Waals surface area contributed by atoms with Crippen molar-refractivity contribution in [3.63, 3.8) is 0 Å². The van der Waals surface area contributed by atoms with Crippen molar-refractivity contribution in [3.05, 3.63) is 34.9 Å². The summed E-state index contributed by atoms with van der Waals surface area (Å²) < 4.78 is 26.2. The Bertz CT molecular complexity index is 588. The number of nitrogens with one attached hydrogen (secondary N) is 1. The van der Waals surface area contributed by atoms with Gasteiger partial charge in [0.2, 0.25) is 12.8 Å². The van der Waals surface area contributed by atoms with Crippen molar-refractivity contribution < 1.29 is 28.0 Å². The average Bonchev–Trinajstić information content (AvgIpc) is 2.57. The first-order valence-electron chi connectivity index (χ1n) is 7.18. The summed E-state index contributed by atoms with van der Waals surface area (Å²) in [5, 5.41) is 1.75. The first-order valence-corrected chi connectivity index (χ1v) is 7.18. The lowest BCUT2D eigenvalue weighted by Gasteiger charge is -2.25. The summed E-state index contributed by atoms with van der Waals surface area (Å²) >= 11 is 0. The Hall–Kier alpha value is -2.64. The van der Waals surface area contributed by atoms with E-state index < -0.39 is 17.5 Å². The Morgan fingerprint density at radius 3 is 2.17 bits per heavy atom. The van der Waals surface area contributed by atoms with E-state index in [1.54, 1.807) is 12.4 Å². The fourth-order valence-corrected chi connectivity index (χ4v) is 1.87. The third-order valence-electron chi connectivity index (χ3n) is 3.27. The number of hydrogen-bond donors (Lipinski definition) is 1. The summed E-state index contributed by atoms with van der Waals surface area (Å²) in [6.07, 6.45) is 2.67. The van der Waals surface area contributed by atoms with Crippen molar-refractivity contribution in [1.29, 1.82) is 0 Å². The number of carbonyl (C=O) groups is 4. The van der Waals surface area contributed by atoms with E-state index in [1.807, 2.05) is 13.8 Å². The van der Waals surface area contributed by atoms with Crippen LogP contribution in [0.4, 0.5) is 8.78 Å². The second-order valence-electron chi connectivity index (χ2n) is 4.93. The number of halogens is 2. The molecule has 0 radical (unpaired) electrons. The number of nitrogens with zero attached hydrogens (tertiary/aromatic N) is 1. The van der Waals surface area contributed by atoms with Crippen molar-refractivity contribution in [1.82, 2.24) is 10.2 Å². The Morgan fingerprint density at radius 1 is 1.21 bits per heavy atom. The van der Waals surface area contributed by atoms with Gasteiger partial charge in [-0.25, -0.2) is 8.78 Å². The Balaban J connectivity index is 0.000000922. The van der Waals surface area contributed by atoms with Crippen LogP contribution in [0.15, 0.2) is 12.1 Å². The number of carbonyl (C=O) groups excluding carboxylic acids is 4. The van der Waals surface area contributed by atoms with Gasteiger partial charge in [-0.1, -0.05) is 13.3 Å². The minimum Gasteiger partial charge on any atom is -0.339 e. The summed E-state index contributed by atoms with van der Waals surface area (Å²) in [7, 11) is 1.58. The van der Waals surface area contributed by atoms with E-state index in [-0.39, 0.29) is 17.2 Å². The van der Waals surface area contributed by atoms with E-state index in [2.05, 4.69) is 0 Å². The summed E-state index contributed by atoms with van der Waals surface area (Å²) in [6.45, 7) is 3.85. The van der Waals surface area contributed by atoms with E-state index >= 15 is 0 Å². The molecule has 0 bridgehead atoms. The predicted octanol–water partition coefficient (Wildman–Crippen LogP) is 1.93. The van der Waals surface area contributed by atoms with E-state index in [9.17, 15) is 18.4 Å². The van der Waals surface area contributed by atoms with Gasteiger partial charge in [-0.05, 0) is 25.5 Å². The molecule has 0 aliphatic heterocycles. The monoisotopic (exact) mass is 342 g/mol. The highest BCUT2D eigenvalue weighted by Crippen LogP contribution is 2.17. The van der Waals surface area contributed by atoms with Crippen LogP contribution in [0, 0.1) is 11.6 Å². The molecule has 0 fully saturated rings. The second-order valence-corrected chi connectivity index (χ2v) is 4.93. The molecule has 1 atom stereocenters. The largest absolute Gasteiger partial charge is 0.339 e. The van der Waals surface area contributed by atoms with E-state index in [0.29, 0.717) is 19.1 Å². The molecule has 0 heterocycles. The number of rotatable bonds is 7. The molecule has 1 N–H and O–H groups in total. The topological polar surface area (TPSA) is 83.6 Å². The first kappa shape index (κ1) is 21.4. The van der Waals surface area contributed by atoms with Gasteiger partial charge >= 0.3 is 0 Å². The summed E-state index contributed by atoms with van der Waals surface area (Å²) in [4.78, 5) is 42.6. The quantitative estimate of drug-likeness (QED) is 0.768. The zero-order chi connectivity index (χ0) is 18.7. The van der Waals surface area contributed by atoms with Crippen LogP contribution in [0.1, 0.15) is 47.4 Å². The molecular weight excluding hydrogens is 322 g/mol. The minimum absolute atomic E-state index is 0.0369. The molecule has 0 spiro atoms. The Morgan fingerprint density at radius 2 is 1.75 bits per heavy atom. The lowest BCUT2D eigenvalue weighted by Crippen LogP contribution is -2.35. The van der Waals surface area contributed by atoms with Crippen molar-refractivity contribution in [2.45, 2.75) is 32.7 Å². The molecule has 0 aromatic heterocycles. The van der Waals surface area contributed by atoms with Crippen LogP contribution in [-0.4, -0.2) is 43.0 Å². The number of amides is 3. The van der Waals surface area contributed by atoms with Crippen molar-refractivity contribution in [3.8, 4) is 0 Å². The maximum atomic E-state index is 13.2. The highest BCUT2D eigenvalue weighted by atomic mass is 19.2. The van der Waals surface area contributed by atoms with Crippen molar-refractivity contribution in [2.24, 2.45) is 0 Å². The normalized spacial score (nSPS) is 10.7. The smallest absolute Gasteiger partial charge is 0.254 e. The molecule has 1 aromatic rings. The molecular formula is C16H20F2N2O4. The standard InChI is InChI=1S/C14H17F2NO2.C2H3NO2/c1-4-5-9(2)17(3)14(19)11-7-13(16)12(15)6-10(11)8-18;4-1-3-2-5/h6-9H,4-5H2,1-3H3;1-2H,(H,3,4,5). The second kappa shape index (κ2) is 11.0.